The molecule has 0 saturated heterocycles. The van der Waals surface area contributed by atoms with Crippen LogP contribution in [0.3, 0.4) is 0 Å². The van der Waals surface area contributed by atoms with Gasteiger partial charge in [0.15, 0.2) is 0 Å². The molecule has 2 rings (SSSR count). The van der Waals surface area contributed by atoms with Gasteiger partial charge in [-0.15, -0.1) is 12.4 Å². The molecule has 0 aliphatic heterocycles. The van der Waals surface area contributed by atoms with Crippen LogP contribution in [0.1, 0.15) is 12.8 Å². The predicted octanol–water partition coefficient (Wildman–Crippen LogP) is 3.18. The van der Waals surface area contributed by atoms with Gasteiger partial charge in [0.1, 0.15) is 0 Å². The van der Waals surface area contributed by atoms with Crippen molar-refractivity contribution in [3.8, 4) is 0 Å². The Morgan fingerprint density at radius 2 is 1.42 bits per heavy atom. The van der Waals surface area contributed by atoms with E-state index in [0.717, 1.165) is 0 Å². The normalized spacial score (nSPS) is 19.3. The third-order valence-corrected chi connectivity index (χ3v) is 3.91. The second-order valence-corrected chi connectivity index (χ2v) is 5.05. The van der Waals surface area contributed by atoms with Crippen molar-refractivity contribution in [2.75, 3.05) is 0 Å². The zero-order chi connectivity index (χ0) is 7.52. The Morgan fingerprint density at radius 1 is 0.917 bits per heavy atom. The summed E-state index contributed by atoms with van der Waals surface area (Å²) in [7, 11) is 0. The first kappa shape index (κ1) is 10.8. The van der Waals surface area contributed by atoms with E-state index in [9.17, 15) is 0 Å². The molecule has 0 heterocycles. The van der Waals surface area contributed by atoms with Crippen LogP contribution in [0.2, 0.25) is 0 Å². The Morgan fingerprint density at radius 3 is 1.75 bits per heavy atom. The van der Waals surface area contributed by atoms with Gasteiger partial charge >= 0.3 is 92.3 Å². The summed E-state index contributed by atoms with van der Waals surface area (Å²) in [6, 6.07) is 0. The minimum atomic E-state index is 0. The quantitative estimate of drug-likeness (QED) is 0.725. The molecule has 2 aliphatic rings. The molecule has 0 saturated carbocycles. The summed E-state index contributed by atoms with van der Waals surface area (Å²) < 4.78 is 3.22. The van der Waals surface area contributed by atoms with Crippen molar-refractivity contribution in [3.63, 3.8) is 0 Å². The van der Waals surface area contributed by atoms with Crippen molar-refractivity contribution < 1.29 is 42.4 Å². The third-order valence-electron chi connectivity index (χ3n) is 1.54. The second-order valence-electron chi connectivity index (χ2n) is 2.42. The zero-order valence-corrected chi connectivity index (χ0v) is 9.09. The van der Waals surface area contributed by atoms with Crippen molar-refractivity contribution in [1.82, 2.24) is 0 Å². The van der Waals surface area contributed by atoms with E-state index in [0.29, 0.717) is 42.4 Å². The maximum atomic E-state index is 2.26. The summed E-state index contributed by atoms with van der Waals surface area (Å²) in [6.45, 7) is 0. The molecule has 0 aromatic carbocycles. The van der Waals surface area contributed by atoms with Crippen LogP contribution < -0.4 is 0 Å². The molecule has 0 nitrogen and oxygen atoms in total. The Bertz CT molecular complexity index is 244. The molecule has 0 unspecified atom stereocenters. The van der Waals surface area contributed by atoms with Crippen molar-refractivity contribution in [1.29, 1.82) is 0 Å². The van der Waals surface area contributed by atoms with Gasteiger partial charge in [0.05, 0.1) is 0 Å². The van der Waals surface area contributed by atoms with Crippen LogP contribution in [-0.4, -0.2) is 0 Å². The van der Waals surface area contributed by atoms with Crippen molar-refractivity contribution in [3.05, 3.63) is 37.1 Å². The summed E-state index contributed by atoms with van der Waals surface area (Å²) >= 11 is 0.693. The molecule has 0 amide bonds. The molecule has 2 aliphatic carbocycles. The summed E-state index contributed by atoms with van der Waals surface area (Å²) in [4.78, 5) is 0. The van der Waals surface area contributed by atoms with E-state index in [1.165, 1.54) is 12.8 Å². The van der Waals surface area contributed by atoms with E-state index in [-0.39, 0.29) is 12.4 Å². The maximum Gasteiger partial charge on any atom is -0.147 e. The molecule has 12 heavy (non-hydrogen) atoms. The Labute approximate surface area is 103 Å². The molecular weight excluding hydrogens is 329 g/mol. The van der Waals surface area contributed by atoms with E-state index < -0.39 is 0 Å². The fourth-order valence-electron chi connectivity index (χ4n) is 1.00. The van der Waals surface area contributed by atoms with Crippen LogP contribution in [0.5, 0.6) is 0 Å². The molecule has 0 radical (unpaired) electrons. The fraction of sp³-hybridized carbons (Fsp3) is 0.200. The van der Waals surface area contributed by atoms with Crippen LogP contribution >= 0.6 is 12.4 Å². The van der Waals surface area contributed by atoms with Crippen LogP contribution in [0.4, 0.5) is 0 Å². The van der Waals surface area contributed by atoms with Crippen LogP contribution in [-0.2, 0) is 0 Å². The van der Waals surface area contributed by atoms with Crippen LogP contribution in [0.15, 0.2) is 37.1 Å². The maximum absolute atomic E-state index is 2.26. The molecule has 0 aromatic rings. The number of allylic oxidation sites excluding steroid dienone is 8. The summed E-state index contributed by atoms with van der Waals surface area (Å²) in [6.07, 6.45) is 15.7. The van der Waals surface area contributed by atoms with E-state index in [1.807, 2.05) is 0 Å². The molecule has 0 spiro atoms. The summed E-state index contributed by atoms with van der Waals surface area (Å²) in [5, 5.41) is 0. The fourth-order valence-corrected chi connectivity index (χ4v) is 3.08. The molecule has 72 valence electrons. The first-order valence-electron chi connectivity index (χ1n) is 3.70. The first-order valence-corrected chi connectivity index (χ1v) is 5.42. The minimum absolute atomic E-state index is 0. The van der Waals surface area contributed by atoms with Crippen molar-refractivity contribution in [2.45, 2.75) is 12.8 Å². The summed E-state index contributed by atoms with van der Waals surface area (Å²) in [5.41, 5.74) is 0. The Balaban J connectivity index is 0.000000720. The molecule has 0 bridgehead atoms. The molecular formula is C10H11ClYb. The predicted molar refractivity (Wildman–Crippen MR) is 50.9 cm³/mol. The molecule has 2 heteroatoms. The van der Waals surface area contributed by atoms with Crippen LogP contribution in [0.25, 0.3) is 0 Å². The van der Waals surface area contributed by atoms with E-state index >= 15 is 0 Å². The van der Waals surface area contributed by atoms with E-state index in [4.69, 9.17) is 0 Å². The minimum Gasteiger partial charge on any atom is -0.147 e. The van der Waals surface area contributed by atoms with Gasteiger partial charge in [-0.1, -0.05) is 0 Å². The van der Waals surface area contributed by atoms with Gasteiger partial charge in [-0.05, 0) is 0 Å². The van der Waals surface area contributed by atoms with Gasteiger partial charge in [0.25, 0.3) is 0 Å². The van der Waals surface area contributed by atoms with Gasteiger partial charge in [-0.25, -0.2) is 0 Å². The number of hydrogen-bond acceptors (Lipinski definition) is 0. The van der Waals surface area contributed by atoms with E-state index in [2.05, 4.69) is 36.5 Å². The topological polar surface area (TPSA) is 0 Å². The Kier molecular flexibility index (Phi) is 4.96. The van der Waals surface area contributed by atoms with Crippen LogP contribution in [0, 0.1) is 42.4 Å². The monoisotopic (exact) mass is 340 g/mol. The van der Waals surface area contributed by atoms with E-state index in [1.54, 1.807) is 0.663 Å². The largest absolute Gasteiger partial charge is 0.147 e. The molecule has 0 atom stereocenters. The van der Waals surface area contributed by atoms with Crippen molar-refractivity contribution >= 4 is 12.4 Å². The first-order chi connectivity index (χ1) is 5.45. The Hall–Kier alpha value is 0.769. The number of halogens is 1. The average Bonchev–Trinajstić information content (AvgIpc) is 2.60. The van der Waals surface area contributed by atoms with Gasteiger partial charge in [-0.2, -0.15) is 0 Å². The van der Waals surface area contributed by atoms with Crippen molar-refractivity contribution in [2.24, 2.45) is 0 Å². The zero-order valence-electron chi connectivity index (χ0n) is 6.55. The van der Waals surface area contributed by atoms with Gasteiger partial charge < -0.3 is 0 Å². The standard InChI is InChI=1S/2C5H5.ClH.Yb/c2*1-2-4-5-3-1;;/h2*1-3H,4H2;1H;. The third kappa shape index (κ3) is 2.92. The molecule has 0 fully saturated rings. The second kappa shape index (κ2) is 5.49. The smallest absolute Gasteiger partial charge is 0.147 e. The van der Waals surface area contributed by atoms with Gasteiger partial charge in [0.2, 0.25) is 0 Å². The summed E-state index contributed by atoms with van der Waals surface area (Å²) in [5.74, 6) is 0. The number of rotatable bonds is 2. The SMILES string of the molecule is C1=CC[C]([Yb][C]2=CC=CC2)=C1.Cl. The number of hydrogen-bond donors (Lipinski definition) is 0. The molecule has 0 N–H and O–H groups in total. The van der Waals surface area contributed by atoms with Gasteiger partial charge in [0, 0.05) is 0 Å². The van der Waals surface area contributed by atoms with Gasteiger partial charge in [-0.3, -0.25) is 0 Å². The molecule has 0 aromatic heterocycles. The average molecular weight is 340 g/mol.